The van der Waals surface area contributed by atoms with Gasteiger partial charge in [-0.15, -0.1) is 0 Å². The largest absolute Gasteiger partial charge is 0.263 e. The van der Waals surface area contributed by atoms with E-state index in [0.29, 0.717) is 17.9 Å². The fraction of sp³-hybridized carbons (Fsp3) is 0.0714. The van der Waals surface area contributed by atoms with Crippen molar-refractivity contribution in [1.82, 2.24) is 4.72 Å². The number of rotatable bonds is 2. The first kappa shape index (κ1) is 13.3. The van der Waals surface area contributed by atoms with Crippen LogP contribution in [0.1, 0.15) is 11.1 Å². The molecule has 20 heavy (non-hydrogen) atoms. The lowest BCUT2D eigenvalue weighted by Gasteiger charge is -2.00. The van der Waals surface area contributed by atoms with Gasteiger partial charge < -0.3 is 0 Å². The second kappa shape index (κ2) is 5.03. The first-order valence-corrected chi connectivity index (χ1v) is 8.25. The van der Waals surface area contributed by atoms with E-state index in [1.165, 1.54) is 0 Å². The highest BCUT2D eigenvalue weighted by Gasteiger charge is 2.29. The molecule has 6 heteroatoms. The molecule has 0 saturated heterocycles. The molecule has 0 fully saturated rings. The predicted octanol–water partition coefficient (Wildman–Crippen LogP) is 2.69. The molecule has 0 radical (unpaired) electrons. The van der Waals surface area contributed by atoms with Gasteiger partial charge in [0.1, 0.15) is 5.84 Å². The molecule has 1 aliphatic rings. The van der Waals surface area contributed by atoms with Crippen LogP contribution in [0.4, 0.5) is 0 Å². The van der Waals surface area contributed by atoms with E-state index in [4.69, 9.17) is 0 Å². The molecule has 0 aliphatic carbocycles. The van der Waals surface area contributed by atoms with Crippen molar-refractivity contribution >= 4 is 31.8 Å². The summed E-state index contributed by atoms with van der Waals surface area (Å²) in [6.07, 6.45) is 0. The number of fused-ring (bicyclic) bond motifs is 1. The summed E-state index contributed by atoms with van der Waals surface area (Å²) in [5, 5.41) is 0. The Hall–Kier alpha value is -1.66. The minimum Gasteiger partial charge on any atom is -0.263 e. The second-order valence-corrected chi connectivity index (χ2v) is 6.96. The lowest BCUT2D eigenvalue weighted by Crippen LogP contribution is -2.22. The van der Waals surface area contributed by atoms with Crippen molar-refractivity contribution in [2.24, 2.45) is 4.99 Å². The standard InChI is InChI=1S/C14H11BrN2O2S/c15-11-7-5-10(6-8-11)9-16-14-12-3-1-2-4-13(12)20(18,19)17-14/h1-8H,9H2,(H,16,17). The Balaban J connectivity index is 1.92. The predicted molar refractivity (Wildman–Crippen MR) is 81.1 cm³/mol. The van der Waals surface area contributed by atoms with Crippen LogP contribution < -0.4 is 4.72 Å². The topological polar surface area (TPSA) is 58.5 Å². The first-order chi connectivity index (χ1) is 9.56. The van der Waals surface area contributed by atoms with Crippen LogP contribution in [0.5, 0.6) is 0 Å². The highest BCUT2D eigenvalue weighted by molar-refractivity contribution is 9.10. The Kier molecular flexibility index (Phi) is 3.35. The van der Waals surface area contributed by atoms with Gasteiger partial charge in [-0.3, -0.25) is 9.71 Å². The number of amidine groups is 1. The van der Waals surface area contributed by atoms with Crippen LogP contribution in [-0.2, 0) is 16.6 Å². The van der Waals surface area contributed by atoms with Gasteiger partial charge >= 0.3 is 0 Å². The summed E-state index contributed by atoms with van der Waals surface area (Å²) in [6, 6.07) is 14.6. The van der Waals surface area contributed by atoms with Crippen LogP contribution in [-0.4, -0.2) is 14.3 Å². The van der Waals surface area contributed by atoms with E-state index in [-0.39, 0.29) is 4.90 Å². The van der Waals surface area contributed by atoms with Crippen molar-refractivity contribution in [2.75, 3.05) is 0 Å². The van der Waals surface area contributed by atoms with Crippen LogP contribution in [0.3, 0.4) is 0 Å². The van der Waals surface area contributed by atoms with Gasteiger partial charge in [0.05, 0.1) is 11.4 Å². The molecule has 0 amide bonds. The number of aliphatic imine (C=N–C) groups is 1. The van der Waals surface area contributed by atoms with Crippen molar-refractivity contribution < 1.29 is 8.42 Å². The summed E-state index contributed by atoms with van der Waals surface area (Å²) in [5.41, 5.74) is 1.65. The van der Waals surface area contributed by atoms with E-state index >= 15 is 0 Å². The van der Waals surface area contributed by atoms with E-state index in [2.05, 4.69) is 25.6 Å². The molecule has 0 saturated carbocycles. The van der Waals surface area contributed by atoms with Crippen LogP contribution in [0.25, 0.3) is 0 Å². The van der Waals surface area contributed by atoms with Crippen LogP contribution in [0, 0.1) is 0 Å². The molecule has 1 N–H and O–H groups in total. The quantitative estimate of drug-likeness (QED) is 0.905. The molecular weight excluding hydrogens is 340 g/mol. The van der Waals surface area contributed by atoms with Crippen molar-refractivity contribution in [3.63, 3.8) is 0 Å². The Labute approximate surface area is 125 Å². The van der Waals surface area contributed by atoms with Crippen LogP contribution in [0.2, 0.25) is 0 Å². The van der Waals surface area contributed by atoms with E-state index in [0.717, 1.165) is 10.0 Å². The fourth-order valence-corrected chi connectivity index (χ4v) is 3.53. The van der Waals surface area contributed by atoms with Gasteiger partial charge in [-0.05, 0) is 29.8 Å². The smallest absolute Gasteiger partial charge is 0.263 e. The molecule has 1 heterocycles. The Morgan fingerprint density at radius 3 is 2.50 bits per heavy atom. The third-order valence-electron chi connectivity index (χ3n) is 3.00. The maximum atomic E-state index is 11.9. The number of nitrogens with zero attached hydrogens (tertiary/aromatic N) is 1. The van der Waals surface area contributed by atoms with E-state index in [1.807, 2.05) is 24.3 Å². The Bertz CT molecular complexity index is 783. The molecule has 0 spiro atoms. The lowest BCUT2D eigenvalue weighted by molar-refractivity contribution is 0.595. The van der Waals surface area contributed by atoms with Gasteiger partial charge in [0.2, 0.25) is 0 Å². The summed E-state index contributed by atoms with van der Waals surface area (Å²) in [7, 11) is -3.45. The summed E-state index contributed by atoms with van der Waals surface area (Å²) in [6.45, 7) is 0.430. The zero-order valence-corrected chi connectivity index (χ0v) is 12.8. The SMILES string of the molecule is O=S1(=O)NC(=NCc2ccc(Br)cc2)c2ccccc21. The Morgan fingerprint density at radius 2 is 1.75 bits per heavy atom. The zero-order chi connectivity index (χ0) is 14.2. The minimum absolute atomic E-state index is 0.287. The van der Waals surface area contributed by atoms with E-state index in [9.17, 15) is 8.42 Å². The van der Waals surface area contributed by atoms with E-state index < -0.39 is 10.0 Å². The summed E-state index contributed by atoms with van der Waals surface area (Å²) in [4.78, 5) is 4.66. The normalized spacial score (nSPS) is 17.8. The van der Waals surface area contributed by atoms with Crippen molar-refractivity contribution in [3.05, 3.63) is 64.1 Å². The van der Waals surface area contributed by atoms with Gasteiger partial charge in [0.15, 0.2) is 0 Å². The molecule has 0 bridgehead atoms. The minimum atomic E-state index is -3.45. The number of hydrogen-bond donors (Lipinski definition) is 1. The highest BCUT2D eigenvalue weighted by Crippen LogP contribution is 2.22. The first-order valence-electron chi connectivity index (χ1n) is 5.97. The third kappa shape index (κ3) is 2.48. The molecule has 0 unspecified atom stereocenters. The Morgan fingerprint density at radius 1 is 1.05 bits per heavy atom. The monoisotopic (exact) mass is 350 g/mol. The maximum Gasteiger partial charge on any atom is 0.263 e. The average molecular weight is 351 g/mol. The van der Waals surface area contributed by atoms with Gasteiger partial charge in [-0.1, -0.05) is 40.2 Å². The molecule has 3 rings (SSSR count). The fourth-order valence-electron chi connectivity index (χ4n) is 2.01. The molecule has 1 aliphatic heterocycles. The molecule has 2 aromatic carbocycles. The average Bonchev–Trinajstić information content (AvgIpc) is 2.70. The number of sulfonamides is 1. The van der Waals surface area contributed by atoms with Crippen molar-refractivity contribution in [1.29, 1.82) is 0 Å². The highest BCUT2D eigenvalue weighted by atomic mass is 79.9. The van der Waals surface area contributed by atoms with Crippen molar-refractivity contribution in [3.8, 4) is 0 Å². The van der Waals surface area contributed by atoms with E-state index in [1.54, 1.807) is 24.3 Å². The zero-order valence-electron chi connectivity index (χ0n) is 10.4. The second-order valence-electron chi connectivity index (χ2n) is 4.39. The van der Waals surface area contributed by atoms with Crippen LogP contribution >= 0.6 is 15.9 Å². The number of nitrogens with one attached hydrogen (secondary N) is 1. The summed E-state index contributed by atoms with van der Waals surface area (Å²) >= 11 is 3.37. The molecular formula is C14H11BrN2O2S. The maximum absolute atomic E-state index is 11.9. The number of benzene rings is 2. The summed E-state index contributed by atoms with van der Waals surface area (Å²) in [5.74, 6) is 0.406. The third-order valence-corrected chi connectivity index (χ3v) is 4.92. The number of halogens is 1. The van der Waals surface area contributed by atoms with Gasteiger partial charge in [0.25, 0.3) is 10.0 Å². The van der Waals surface area contributed by atoms with Crippen LogP contribution in [0.15, 0.2) is 62.9 Å². The lowest BCUT2D eigenvalue weighted by atomic mass is 10.2. The van der Waals surface area contributed by atoms with Crippen molar-refractivity contribution in [2.45, 2.75) is 11.4 Å². The molecule has 4 nitrogen and oxygen atoms in total. The molecule has 2 aromatic rings. The molecule has 0 atom stereocenters. The van der Waals surface area contributed by atoms with Gasteiger partial charge in [-0.25, -0.2) is 8.42 Å². The summed E-state index contributed by atoms with van der Waals surface area (Å²) < 4.78 is 27.3. The number of hydrogen-bond acceptors (Lipinski definition) is 3. The van der Waals surface area contributed by atoms with Gasteiger partial charge in [0, 0.05) is 10.0 Å². The molecule has 0 aromatic heterocycles. The molecule has 102 valence electrons. The van der Waals surface area contributed by atoms with Gasteiger partial charge in [-0.2, -0.15) is 0 Å².